The minimum atomic E-state index is -1.06. The normalized spacial score (nSPS) is 11.8. The molecule has 8 heteroatoms. The minimum Gasteiger partial charge on any atom is -0.394 e. The number of aliphatic hydroxyl groups is 1. The number of anilines is 1. The number of amides is 1. The van der Waals surface area contributed by atoms with Gasteiger partial charge in [-0.1, -0.05) is 12.1 Å². The van der Waals surface area contributed by atoms with E-state index in [1.54, 1.807) is 10.7 Å². The van der Waals surface area contributed by atoms with Gasteiger partial charge in [0.2, 0.25) is 5.91 Å². The summed E-state index contributed by atoms with van der Waals surface area (Å²) in [5, 5.41) is 16.0. The van der Waals surface area contributed by atoms with Gasteiger partial charge in [0.1, 0.15) is 11.9 Å². The van der Waals surface area contributed by atoms with Crippen LogP contribution in [0.25, 0.3) is 16.6 Å². The van der Waals surface area contributed by atoms with E-state index in [2.05, 4.69) is 10.4 Å². The van der Waals surface area contributed by atoms with Gasteiger partial charge in [0, 0.05) is 5.69 Å². The Kier molecular flexibility index (Phi) is 5.73. The Morgan fingerprint density at radius 1 is 1.40 bits per heavy atom. The quantitative estimate of drug-likeness (QED) is 0.661. The number of carbonyl (C=O) groups is 1. The first kappa shape index (κ1) is 18.9. The third-order valence-corrected chi connectivity index (χ3v) is 3.69. The number of fused-ring (bicyclic) bond motifs is 1. The number of nitrogens with two attached hydrogens (primary N) is 1. The van der Waals surface area contributed by atoms with Gasteiger partial charge in [-0.15, -0.1) is 12.4 Å². The number of hydrogen-bond acceptors (Lipinski definition) is 4. The molecule has 0 spiro atoms. The van der Waals surface area contributed by atoms with Gasteiger partial charge < -0.3 is 16.2 Å². The summed E-state index contributed by atoms with van der Waals surface area (Å²) in [6.45, 7) is 1.47. The first-order chi connectivity index (χ1) is 11.5. The van der Waals surface area contributed by atoms with Gasteiger partial charge in [0.15, 0.2) is 0 Å². The topological polar surface area (TPSA) is 93.2 Å². The molecule has 25 heavy (non-hydrogen) atoms. The van der Waals surface area contributed by atoms with Gasteiger partial charge in [0.05, 0.1) is 29.4 Å². The fourth-order valence-electron chi connectivity index (χ4n) is 2.44. The Morgan fingerprint density at radius 2 is 2.16 bits per heavy atom. The van der Waals surface area contributed by atoms with Crippen LogP contribution >= 0.6 is 12.4 Å². The van der Waals surface area contributed by atoms with Gasteiger partial charge in [0.25, 0.3) is 0 Å². The first-order valence-electron chi connectivity index (χ1n) is 7.41. The smallest absolute Gasteiger partial charge is 0.243 e. The van der Waals surface area contributed by atoms with Crippen LogP contribution in [-0.4, -0.2) is 33.4 Å². The van der Waals surface area contributed by atoms with Crippen molar-refractivity contribution in [2.75, 3.05) is 11.9 Å². The van der Waals surface area contributed by atoms with Crippen LogP contribution in [0.5, 0.6) is 0 Å². The molecule has 1 atom stereocenters. The summed E-state index contributed by atoms with van der Waals surface area (Å²) in [7, 11) is 0. The summed E-state index contributed by atoms with van der Waals surface area (Å²) >= 11 is 0. The highest BCUT2D eigenvalue weighted by atomic mass is 35.5. The SMILES string of the molecule is Cc1cccc(-n2ncc3c(F)cc(NC(=O)C(N)CO)cc32)c1.Cl. The Bertz CT molecular complexity index is 913. The first-order valence-corrected chi connectivity index (χ1v) is 7.41. The largest absolute Gasteiger partial charge is 0.394 e. The lowest BCUT2D eigenvalue weighted by Gasteiger charge is -2.11. The van der Waals surface area contributed by atoms with E-state index in [-0.39, 0.29) is 18.1 Å². The number of aromatic nitrogens is 2. The van der Waals surface area contributed by atoms with Crippen LogP contribution in [0.1, 0.15) is 5.56 Å². The summed E-state index contributed by atoms with van der Waals surface area (Å²) < 4.78 is 15.9. The standard InChI is InChI=1S/C17H17FN4O2.ClH/c1-10-3-2-4-12(5-10)22-16-7-11(21-17(24)15(19)9-23)6-14(18)13(16)8-20-22;/h2-8,15,23H,9,19H2,1H3,(H,21,24);1H. The third kappa shape index (κ3) is 3.79. The Hall–Kier alpha value is -2.48. The van der Waals surface area contributed by atoms with Gasteiger partial charge in [-0.25, -0.2) is 9.07 Å². The molecule has 1 amide bonds. The second-order valence-electron chi connectivity index (χ2n) is 5.56. The van der Waals surface area contributed by atoms with Crippen LogP contribution in [0.2, 0.25) is 0 Å². The number of carbonyl (C=O) groups excluding carboxylic acids is 1. The molecule has 132 valence electrons. The van der Waals surface area contributed by atoms with Crippen molar-refractivity contribution in [1.29, 1.82) is 0 Å². The lowest BCUT2D eigenvalue weighted by molar-refractivity contribution is -0.118. The molecule has 0 bridgehead atoms. The molecule has 0 aliphatic carbocycles. The summed E-state index contributed by atoms with van der Waals surface area (Å²) in [6, 6.07) is 9.40. The number of aryl methyl sites for hydroxylation is 1. The molecule has 0 radical (unpaired) electrons. The van der Waals surface area contributed by atoms with Crippen molar-refractivity contribution in [3.05, 3.63) is 54.0 Å². The van der Waals surface area contributed by atoms with E-state index in [0.717, 1.165) is 11.3 Å². The number of nitrogens with zero attached hydrogens (tertiary/aromatic N) is 2. The maximum Gasteiger partial charge on any atom is 0.243 e. The molecule has 3 rings (SSSR count). The van der Waals surface area contributed by atoms with E-state index >= 15 is 0 Å². The summed E-state index contributed by atoms with van der Waals surface area (Å²) in [5.74, 6) is -1.09. The lowest BCUT2D eigenvalue weighted by atomic mass is 10.2. The predicted molar refractivity (Wildman–Crippen MR) is 96.7 cm³/mol. The van der Waals surface area contributed by atoms with Gasteiger partial charge in [-0.2, -0.15) is 5.10 Å². The van der Waals surface area contributed by atoms with Crippen LogP contribution in [-0.2, 0) is 4.79 Å². The number of hydrogen-bond donors (Lipinski definition) is 3. The second-order valence-corrected chi connectivity index (χ2v) is 5.56. The number of rotatable bonds is 4. The monoisotopic (exact) mass is 364 g/mol. The van der Waals surface area contributed by atoms with Gasteiger partial charge in [-0.3, -0.25) is 4.79 Å². The average molecular weight is 365 g/mol. The van der Waals surface area contributed by atoms with E-state index in [1.807, 2.05) is 31.2 Å². The van der Waals surface area contributed by atoms with E-state index < -0.39 is 24.4 Å². The van der Waals surface area contributed by atoms with Crippen molar-refractivity contribution >= 4 is 34.9 Å². The molecule has 2 aromatic carbocycles. The molecule has 3 aromatic rings. The summed E-state index contributed by atoms with van der Waals surface area (Å²) in [4.78, 5) is 11.8. The van der Waals surface area contributed by atoms with E-state index in [0.29, 0.717) is 10.9 Å². The Labute approximate surface area is 149 Å². The minimum absolute atomic E-state index is 0. The molecular weight excluding hydrogens is 347 g/mol. The molecule has 1 aromatic heterocycles. The zero-order valence-electron chi connectivity index (χ0n) is 13.4. The van der Waals surface area contributed by atoms with Crippen LogP contribution < -0.4 is 11.1 Å². The molecule has 1 heterocycles. The fourth-order valence-corrected chi connectivity index (χ4v) is 2.44. The molecule has 0 saturated heterocycles. The van der Waals surface area contributed by atoms with Crippen LogP contribution in [0.4, 0.5) is 10.1 Å². The molecule has 4 N–H and O–H groups in total. The average Bonchev–Trinajstić information content (AvgIpc) is 2.98. The number of nitrogens with one attached hydrogen (secondary N) is 1. The van der Waals surface area contributed by atoms with Crippen molar-refractivity contribution in [2.24, 2.45) is 5.73 Å². The maximum atomic E-state index is 14.3. The molecule has 1 unspecified atom stereocenters. The van der Waals surface area contributed by atoms with Crippen molar-refractivity contribution in [2.45, 2.75) is 13.0 Å². The Morgan fingerprint density at radius 3 is 2.84 bits per heavy atom. The highest BCUT2D eigenvalue weighted by Gasteiger charge is 2.15. The fraction of sp³-hybridized carbons (Fsp3) is 0.176. The van der Waals surface area contributed by atoms with Crippen molar-refractivity contribution in [1.82, 2.24) is 9.78 Å². The molecule has 0 aliphatic heterocycles. The van der Waals surface area contributed by atoms with Crippen LogP contribution in [0, 0.1) is 12.7 Å². The zero-order chi connectivity index (χ0) is 17.3. The maximum absolute atomic E-state index is 14.3. The second kappa shape index (κ2) is 7.60. The number of aliphatic hydroxyl groups excluding tert-OH is 1. The van der Waals surface area contributed by atoms with E-state index in [1.165, 1.54) is 12.3 Å². The van der Waals surface area contributed by atoms with Crippen molar-refractivity contribution in [3.8, 4) is 5.69 Å². The van der Waals surface area contributed by atoms with Gasteiger partial charge in [-0.05, 0) is 36.8 Å². The molecule has 0 saturated carbocycles. The highest BCUT2D eigenvalue weighted by Crippen LogP contribution is 2.25. The molecule has 6 nitrogen and oxygen atoms in total. The molecular formula is C17H18ClFN4O2. The zero-order valence-corrected chi connectivity index (χ0v) is 14.3. The van der Waals surface area contributed by atoms with E-state index in [4.69, 9.17) is 10.8 Å². The van der Waals surface area contributed by atoms with Gasteiger partial charge >= 0.3 is 0 Å². The summed E-state index contributed by atoms with van der Waals surface area (Å²) in [6.07, 6.45) is 1.44. The Balaban J connectivity index is 0.00000225. The number of benzene rings is 2. The molecule has 0 aliphatic rings. The summed E-state index contributed by atoms with van der Waals surface area (Å²) in [5.41, 5.74) is 8.08. The molecule has 0 fully saturated rings. The van der Waals surface area contributed by atoms with E-state index in [9.17, 15) is 9.18 Å². The van der Waals surface area contributed by atoms with Crippen molar-refractivity contribution < 1.29 is 14.3 Å². The number of halogens is 2. The lowest BCUT2D eigenvalue weighted by Crippen LogP contribution is -2.38. The predicted octanol–water partition coefficient (Wildman–Crippen LogP) is 2.15. The third-order valence-electron chi connectivity index (χ3n) is 3.69. The van der Waals surface area contributed by atoms with Crippen LogP contribution in [0.3, 0.4) is 0 Å². The van der Waals surface area contributed by atoms with Crippen molar-refractivity contribution in [3.63, 3.8) is 0 Å². The highest BCUT2D eigenvalue weighted by molar-refractivity contribution is 5.97. The van der Waals surface area contributed by atoms with Crippen LogP contribution in [0.15, 0.2) is 42.6 Å².